The summed E-state index contributed by atoms with van der Waals surface area (Å²) in [5, 5.41) is 12.5. The predicted octanol–water partition coefficient (Wildman–Crippen LogP) is 2.71. The number of carboxylic acid groups (broad SMARTS) is 1. The average Bonchev–Trinajstić information content (AvgIpc) is 2.79. The van der Waals surface area contributed by atoms with E-state index in [1.165, 1.54) is 42.6 Å². The average molecular weight is 453 g/mol. The van der Waals surface area contributed by atoms with Gasteiger partial charge in [-0.05, 0) is 66.2 Å². The fraction of sp³-hybridized carbons (Fsp3) is 0.0455. The zero-order valence-corrected chi connectivity index (χ0v) is 17.5. The van der Waals surface area contributed by atoms with Crippen LogP contribution in [0, 0.1) is 0 Å². The van der Waals surface area contributed by atoms with Gasteiger partial charge in [0.2, 0.25) is 0 Å². The van der Waals surface area contributed by atoms with Gasteiger partial charge in [0.15, 0.2) is 6.61 Å². The molecular formula is C22H19N3O6S. The molecular weight excluding hydrogens is 434 g/mol. The molecule has 0 saturated carbocycles. The molecule has 3 aromatic rings. The molecule has 0 radical (unpaired) electrons. The molecule has 0 saturated heterocycles. The van der Waals surface area contributed by atoms with Gasteiger partial charge in [0.05, 0.1) is 11.1 Å². The van der Waals surface area contributed by atoms with Gasteiger partial charge < -0.3 is 9.84 Å². The van der Waals surface area contributed by atoms with Gasteiger partial charge in [-0.25, -0.2) is 18.6 Å². The molecule has 1 amide bonds. The maximum atomic E-state index is 12.3. The van der Waals surface area contributed by atoms with Crippen molar-refractivity contribution < 1.29 is 27.9 Å². The monoisotopic (exact) mass is 453 g/mol. The second kappa shape index (κ2) is 10.2. The summed E-state index contributed by atoms with van der Waals surface area (Å²) < 4.78 is 32.2. The van der Waals surface area contributed by atoms with Gasteiger partial charge >= 0.3 is 5.97 Å². The summed E-state index contributed by atoms with van der Waals surface area (Å²) >= 11 is 0. The second-order valence-corrected chi connectivity index (χ2v) is 8.13. The Labute approximate surface area is 184 Å². The van der Waals surface area contributed by atoms with Crippen LogP contribution in [0.2, 0.25) is 0 Å². The number of sulfonamides is 1. The molecule has 3 aromatic carbocycles. The SMILES string of the molecule is O=C(O)COc1ccc(C=NNC(=O)c2ccc(NS(=O)(=O)c3ccccc3)cc2)cc1. The van der Waals surface area contributed by atoms with Gasteiger partial charge in [-0.15, -0.1) is 0 Å². The molecule has 10 heteroatoms. The Balaban J connectivity index is 1.55. The van der Waals surface area contributed by atoms with Crippen molar-refractivity contribution in [1.29, 1.82) is 0 Å². The minimum atomic E-state index is -3.71. The van der Waals surface area contributed by atoms with Crippen molar-refractivity contribution in [3.63, 3.8) is 0 Å². The van der Waals surface area contributed by atoms with Gasteiger partial charge in [0.25, 0.3) is 15.9 Å². The Morgan fingerprint density at radius 2 is 1.59 bits per heavy atom. The van der Waals surface area contributed by atoms with Crippen LogP contribution in [0.4, 0.5) is 5.69 Å². The number of nitrogens with zero attached hydrogens (tertiary/aromatic N) is 1. The first kappa shape index (κ1) is 22.5. The number of hydrazone groups is 1. The van der Waals surface area contributed by atoms with Crippen molar-refractivity contribution in [2.45, 2.75) is 4.90 Å². The Morgan fingerprint density at radius 1 is 0.938 bits per heavy atom. The highest BCUT2D eigenvalue weighted by molar-refractivity contribution is 7.92. The van der Waals surface area contributed by atoms with Crippen LogP contribution in [0.25, 0.3) is 0 Å². The summed E-state index contributed by atoms with van der Waals surface area (Å²) in [6.07, 6.45) is 1.42. The first-order chi connectivity index (χ1) is 15.3. The molecule has 3 N–H and O–H groups in total. The minimum Gasteiger partial charge on any atom is -0.482 e. The fourth-order valence-corrected chi connectivity index (χ4v) is 3.61. The maximum Gasteiger partial charge on any atom is 0.341 e. The number of benzene rings is 3. The van der Waals surface area contributed by atoms with Crippen LogP contribution in [-0.4, -0.2) is 38.2 Å². The molecule has 0 unspecified atom stereocenters. The third kappa shape index (κ3) is 6.41. The van der Waals surface area contributed by atoms with E-state index in [1.54, 1.807) is 42.5 Å². The molecule has 3 rings (SSSR count). The number of hydrogen-bond donors (Lipinski definition) is 3. The molecule has 0 aliphatic rings. The number of amides is 1. The van der Waals surface area contributed by atoms with Gasteiger partial charge in [-0.2, -0.15) is 5.10 Å². The summed E-state index contributed by atoms with van der Waals surface area (Å²) in [5.41, 5.74) is 3.66. The summed E-state index contributed by atoms with van der Waals surface area (Å²) in [6.45, 7) is -0.435. The van der Waals surface area contributed by atoms with Crippen molar-refractivity contribution in [3.05, 3.63) is 90.0 Å². The lowest BCUT2D eigenvalue weighted by atomic mass is 10.2. The second-order valence-electron chi connectivity index (χ2n) is 6.45. The van der Waals surface area contributed by atoms with Gasteiger partial charge in [-0.1, -0.05) is 18.2 Å². The molecule has 9 nitrogen and oxygen atoms in total. The Bertz CT molecular complexity index is 1210. The zero-order chi connectivity index (χ0) is 23.0. The van der Waals surface area contributed by atoms with Crippen molar-refractivity contribution in [1.82, 2.24) is 5.43 Å². The van der Waals surface area contributed by atoms with E-state index in [0.29, 0.717) is 22.6 Å². The lowest BCUT2D eigenvalue weighted by molar-refractivity contribution is -0.139. The topological polar surface area (TPSA) is 134 Å². The number of carbonyl (C=O) groups excluding carboxylic acids is 1. The molecule has 0 aliphatic heterocycles. The Morgan fingerprint density at radius 3 is 2.22 bits per heavy atom. The molecule has 32 heavy (non-hydrogen) atoms. The van der Waals surface area contributed by atoms with Crippen LogP contribution in [0.3, 0.4) is 0 Å². The van der Waals surface area contributed by atoms with E-state index < -0.39 is 28.5 Å². The van der Waals surface area contributed by atoms with Crippen LogP contribution >= 0.6 is 0 Å². The van der Waals surface area contributed by atoms with Gasteiger partial charge in [0, 0.05) is 11.3 Å². The van der Waals surface area contributed by atoms with Crippen LogP contribution in [0.1, 0.15) is 15.9 Å². The number of carbonyl (C=O) groups is 2. The third-order valence-corrected chi connectivity index (χ3v) is 5.47. The lowest BCUT2D eigenvalue weighted by Gasteiger charge is -2.08. The first-order valence-corrected chi connectivity index (χ1v) is 10.8. The highest BCUT2D eigenvalue weighted by atomic mass is 32.2. The van der Waals surface area contributed by atoms with Gasteiger partial charge in [0.1, 0.15) is 5.75 Å². The van der Waals surface area contributed by atoms with Gasteiger partial charge in [-0.3, -0.25) is 9.52 Å². The fourth-order valence-electron chi connectivity index (χ4n) is 2.53. The minimum absolute atomic E-state index is 0.137. The number of hydrogen-bond acceptors (Lipinski definition) is 6. The predicted molar refractivity (Wildman–Crippen MR) is 118 cm³/mol. The van der Waals surface area contributed by atoms with Crippen molar-refractivity contribution in [3.8, 4) is 5.75 Å². The molecule has 0 aromatic heterocycles. The van der Waals surface area contributed by atoms with E-state index in [9.17, 15) is 18.0 Å². The standard InChI is InChI=1S/C22H19N3O6S/c26-21(27)15-31-19-12-6-16(7-13-19)14-23-24-22(28)17-8-10-18(11-9-17)25-32(29,30)20-4-2-1-3-5-20/h1-14,25H,15H2,(H,24,28)(H,26,27). The molecule has 0 bridgehead atoms. The summed E-state index contributed by atoms with van der Waals surface area (Å²) in [7, 11) is -3.71. The maximum absolute atomic E-state index is 12.3. The van der Waals surface area contributed by atoms with Crippen LogP contribution in [0.5, 0.6) is 5.75 Å². The number of nitrogens with one attached hydrogen (secondary N) is 2. The van der Waals surface area contributed by atoms with Crippen molar-refractivity contribution in [2.24, 2.45) is 5.10 Å². The highest BCUT2D eigenvalue weighted by Crippen LogP contribution is 2.16. The number of aliphatic carboxylic acids is 1. The Kier molecular flexibility index (Phi) is 7.19. The lowest BCUT2D eigenvalue weighted by Crippen LogP contribution is -2.18. The number of anilines is 1. The Hall–Kier alpha value is -4.18. The van der Waals surface area contributed by atoms with E-state index in [-0.39, 0.29) is 4.90 Å². The van der Waals surface area contributed by atoms with Crippen molar-refractivity contribution >= 4 is 33.8 Å². The van der Waals surface area contributed by atoms with E-state index in [1.807, 2.05) is 0 Å². The van der Waals surface area contributed by atoms with E-state index in [2.05, 4.69) is 15.2 Å². The summed E-state index contributed by atoms with van der Waals surface area (Å²) in [4.78, 5) is 22.8. The normalized spacial score (nSPS) is 11.1. The molecule has 0 heterocycles. The highest BCUT2D eigenvalue weighted by Gasteiger charge is 2.13. The molecule has 0 atom stereocenters. The molecule has 0 fully saturated rings. The quantitative estimate of drug-likeness (QED) is 0.337. The number of rotatable bonds is 9. The first-order valence-electron chi connectivity index (χ1n) is 9.29. The summed E-state index contributed by atoms with van der Waals surface area (Å²) in [5.74, 6) is -1.14. The van der Waals surface area contributed by atoms with E-state index >= 15 is 0 Å². The zero-order valence-electron chi connectivity index (χ0n) is 16.6. The number of ether oxygens (including phenoxy) is 1. The largest absolute Gasteiger partial charge is 0.482 e. The third-order valence-electron chi connectivity index (χ3n) is 4.07. The van der Waals surface area contributed by atoms with E-state index in [4.69, 9.17) is 9.84 Å². The molecule has 0 aliphatic carbocycles. The van der Waals surface area contributed by atoms with Crippen LogP contribution in [0.15, 0.2) is 88.9 Å². The molecule has 164 valence electrons. The smallest absolute Gasteiger partial charge is 0.341 e. The number of carboxylic acids is 1. The van der Waals surface area contributed by atoms with Crippen molar-refractivity contribution in [2.75, 3.05) is 11.3 Å². The van der Waals surface area contributed by atoms with Crippen LogP contribution < -0.4 is 14.9 Å². The van der Waals surface area contributed by atoms with E-state index in [0.717, 1.165) is 0 Å². The molecule has 0 spiro atoms. The summed E-state index contributed by atoms with van der Waals surface area (Å²) in [6, 6.07) is 20.3. The van der Waals surface area contributed by atoms with Crippen LogP contribution in [-0.2, 0) is 14.8 Å².